The Balaban J connectivity index is 1.28. The Hall–Kier alpha value is -2.79. The number of aromatic nitrogens is 1. The van der Waals surface area contributed by atoms with Crippen molar-refractivity contribution in [2.24, 2.45) is 0 Å². The lowest BCUT2D eigenvalue weighted by molar-refractivity contribution is -0.121. The van der Waals surface area contributed by atoms with Gasteiger partial charge in [-0.25, -0.2) is 0 Å². The maximum atomic E-state index is 13.0. The first-order valence-electron chi connectivity index (χ1n) is 9.92. The first-order chi connectivity index (χ1) is 14.1. The van der Waals surface area contributed by atoms with Gasteiger partial charge in [0.1, 0.15) is 12.4 Å². The van der Waals surface area contributed by atoms with Gasteiger partial charge in [0.05, 0.1) is 0 Å². The van der Waals surface area contributed by atoms with Gasteiger partial charge in [0.25, 0.3) is 5.91 Å². The number of ether oxygens (including phenoxy) is 1. The predicted molar refractivity (Wildman–Crippen MR) is 112 cm³/mol. The maximum Gasteiger partial charge on any atom is 0.253 e. The van der Waals surface area contributed by atoms with Crippen molar-refractivity contribution in [1.82, 2.24) is 9.88 Å². The van der Waals surface area contributed by atoms with Gasteiger partial charge in [-0.05, 0) is 54.6 Å². The van der Waals surface area contributed by atoms with Crippen LogP contribution in [0.3, 0.4) is 0 Å². The molecule has 2 aliphatic rings. The van der Waals surface area contributed by atoms with Crippen LogP contribution in [-0.4, -0.2) is 41.3 Å². The van der Waals surface area contributed by atoms with Crippen LogP contribution >= 0.6 is 11.6 Å². The van der Waals surface area contributed by atoms with Gasteiger partial charge < -0.3 is 14.6 Å². The van der Waals surface area contributed by atoms with Crippen LogP contribution in [-0.2, 0) is 11.2 Å². The molecule has 1 amide bonds. The molecule has 0 atom stereocenters. The van der Waals surface area contributed by atoms with Gasteiger partial charge in [0.15, 0.2) is 5.78 Å². The van der Waals surface area contributed by atoms with Crippen LogP contribution in [0.5, 0.6) is 5.75 Å². The van der Waals surface area contributed by atoms with Crippen molar-refractivity contribution in [3.05, 3.63) is 64.3 Å². The monoisotopic (exact) mass is 408 g/mol. The molecule has 3 aromatic rings. The molecule has 0 aliphatic carbocycles. The molecule has 0 bridgehead atoms. The number of likely N-dealkylation sites (tertiary alicyclic amines) is 1. The van der Waals surface area contributed by atoms with Gasteiger partial charge in [-0.15, -0.1) is 0 Å². The summed E-state index contributed by atoms with van der Waals surface area (Å²) in [5.74, 6) is 1.17. The molecule has 5 nitrogen and oxygen atoms in total. The molecular formula is C23H21ClN2O3. The molecule has 0 unspecified atom stereocenters. The number of nitrogens with one attached hydrogen (secondary N) is 1. The number of rotatable bonds is 2. The van der Waals surface area contributed by atoms with Gasteiger partial charge in [-0.1, -0.05) is 17.7 Å². The van der Waals surface area contributed by atoms with Gasteiger partial charge in [0.2, 0.25) is 0 Å². The maximum absolute atomic E-state index is 13.0. The van der Waals surface area contributed by atoms with E-state index >= 15 is 0 Å². The zero-order valence-electron chi connectivity index (χ0n) is 15.9. The summed E-state index contributed by atoms with van der Waals surface area (Å²) in [6, 6.07) is 13.5. The molecular weight excluding hydrogens is 388 g/mol. The molecule has 6 heteroatoms. The third-order valence-electron chi connectivity index (χ3n) is 5.91. The number of carbonyl (C=O) groups excluding carboxylic acids is 2. The minimum absolute atomic E-state index is 0.0210. The highest BCUT2D eigenvalue weighted by Crippen LogP contribution is 2.32. The lowest BCUT2D eigenvalue weighted by Gasteiger charge is -2.32. The van der Waals surface area contributed by atoms with Crippen molar-refractivity contribution < 1.29 is 14.3 Å². The number of nitrogens with zero attached hydrogens (tertiary/aromatic N) is 1. The third-order valence-corrected chi connectivity index (χ3v) is 6.15. The number of piperidine rings is 1. The van der Waals surface area contributed by atoms with Crippen LogP contribution in [0.15, 0.2) is 42.5 Å². The summed E-state index contributed by atoms with van der Waals surface area (Å²) in [6.07, 6.45) is 2.17. The molecule has 148 valence electrons. The average molecular weight is 409 g/mol. The minimum atomic E-state index is 0.0210. The number of H-pyrrole nitrogens is 1. The van der Waals surface area contributed by atoms with Crippen LogP contribution in [0.4, 0.5) is 0 Å². The Kier molecular flexibility index (Phi) is 4.55. The topological polar surface area (TPSA) is 62.4 Å². The molecule has 0 spiro atoms. The van der Waals surface area contributed by atoms with Crippen LogP contribution in [0.25, 0.3) is 10.9 Å². The summed E-state index contributed by atoms with van der Waals surface area (Å²) in [7, 11) is 0. The van der Waals surface area contributed by atoms with Crippen LogP contribution in [0.1, 0.15) is 40.4 Å². The molecule has 1 fully saturated rings. The minimum Gasteiger partial charge on any atom is -0.486 e. The van der Waals surface area contributed by atoms with E-state index in [2.05, 4.69) is 11.1 Å². The molecule has 2 aromatic carbocycles. The van der Waals surface area contributed by atoms with E-state index in [1.165, 1.54) is 5.69 Å². The smallest absolute Gasteiger partial charge is 0.253 e. The van der Waals surface area contributed by atoms with Crippen molar-refractivity contribution in [1.29, 1.82) is 0 Å². The zero-order chi connectivity index (χ0) is 20.0. The Morgan fingerprint density at radius 2 is 1.93 bits per heavy atom. The first kappa shape index (κ1) is 18.3. The number of benzene rings is 2. The van der Waals surface area contributed by atoms with E-state index in [-0.39, 0.29) is 18.3 Å². The quantitative estimate of drug-likeness (QED) is 0.685. The number of halogens is 1. The van der Waals surface area contributed by atoms with E-state index in [0.29, 0.717) is 36.7 Å². The van der Waals surface area contributed by atoms with Crippen molar-refractivity contribution in [3.63, 3.8) is 0 Å². The highest BCUT2D eigenvalue weighted by atomic mass is 35.5. The second-order valence-electron chi connectivity index (χ2n) is 7.85. The lowest BCUT2D eigenvalue weighted by atomic mass is 9.93. The van der Waals surface area contributed by atoms with E-state index in [9.17, 15) is 9.59 Å². The SMILES string of the molecule is O=C1COc2ccc(C(=O)N3CCC(c4cc5ccc(Cl)cc5[nH]4)CC3)cc2C1. The molecule has 1 saturated heterocycles. The van der Waals surface area contributed by atoms with Crippen molar-refractivity contribution in [2.75, 3.05) is 19.7 Å². The number of hydrogen-bond acceptors (Lipinski definition) is 3. The van der Waals surface area contributed by atoms with Crippen molar-refractivity contribution in [3.8, 4) is 5.75 Å². The molecule has 0 saturated carbocycles. The largest absolute Gasteiger partial charge is 0.486 e. The van der Waals surface area contributed by atoms with Crippen LogP contribution < -0.4 is 4.74 Å². The molecule has 29 heavy (non-hydrogen) atoms. The number of hydrogen-bond donors (Lipinski definition) is 1. The lowest BCUT2D eigenvalue weighted by Crippen LogP contribution is -2.38. The summed E-state index contributed by atoms with van der Waals surface area (Å²) >= 11 is 6.09. The standard InChI is InChI=1S/C23H21ClN2O3/c24-18-3-1-15-11-20(25-21(15)12-18)14-5-7-26(8-6-14)23(28)16-2-4-22-17(9-16)10-19(27)13-29-22/h1-4,9,11-12,14,25H,5-8,10,13H2. The summed E-state index contributed by atoms with van der Waals surface area (Å²) in [5, 5.41) is 1.89. The first-order valence-corrected chi connectivity index (χ1v) is 10.3. The number of amides is 1. The van der Waals surface area contributed by atoms with E-state index < -0.39 is 0 Å². The zero-order valence-corrected chi connectivity index (χ0v) is 16.7. The Labute approximate surface area is 173 Å². The Bertz CT molecular complexity index is 1110. The van der Waals surface area contributed by atoms with E-state index in [0.717, 1.165) is 34.3 Å². The molecule has 1 aromatic heterocycles. The van der Waals surface area contributed by atoms with E-state index in [1.54, 1.807) is 12.1 Å². The van der Waals surface area contributed by atoms with Gasteiger partial charge in [-0.3, -0.25) is 9.59 Å². The second-order valence-corrected chi connectivity index (χ2v) is 8.29. The summed E-state index contributed by atoms with van der Waals surface area (Å²) in [4.78, 5) is 30.0. The molecule has 1 N–H and O–H groups in total. The fourth-order valence-electron chi connectivity index (χ4n) is 4.33. The highest BCUT2D eigenvalue weighted by Gasteiger charge is 2.26. The van der Waals surface area contributed by atoms with Crippen molar-refractivity contribution in [2.45, 2.75) is 25.2 Å². The predicted octanol–water partition coefficient (Wildman–Crippen LogP) is 4.35. The number of ketones is 1. The summed E-state index contributed by atoms with van der Waals surface area (Å²) in [6.45, 7) is 1.55. The van der Waals surface area contributed by atoms with E-state index in [4.69, 9.17) is 16.3 Å². The highest BCUT2D eigenvalue weighted by molar-refractivity contribution is 6.31. The summed E-state index contributed by atoms with van der Waals surface area (Å²) < 4.78 is 5.43. The van der Waals surface area contributed by atoms with Gasteiger partial charge in [0, 0.05) is 52.8 Å². The Morgan fingerprint density at radius 3 is 2.76 bits per heavy atom. The number of fused-ring (bicyclic) bond motifs is 2. The van der Waals surface area contributed by atoms with Gasteiger partial charge in [-0.2, -0.15) is 0 Å². The summed E-state index contributed by atoms with van der Waals surface area (Å²) in [5.41, 5.74) is 3.69. The fourth-order valence-corrected chi connectivity index (χ4v) is 4.50. The van der Waals surface area contributed by atoms with Gasteiger partial charge >= 0.3 is 0 Å². The number of carbonyl (C=O) groups is 2. The number of Topliss-reactive ketones (excluding diaryl/α,β-unsaturated/α-hetero) is 1. The van der Waals surface area contributed by atoms with Crippen LogP contribution in [0, 0.1) is 0 Å². The molecule has 5 rings (SSSR count). The molecule has 3 heterocycles. The normalized spacial score (nSPS) is 17.3. The second kappa shape index (κ2) is 7.23. The number of aromatic amines is 1. The van der Waals surface area contributed by atoms with Crippen molar-refractivity contribution >= 4 is 34.2 Å². The average Bonchev–Trinajstić information content (AvgIpc) is 3.16. The fraction of sp³-hybridized carbons (Fsp3) is 0.304. The van der Waals surface area contributed by atoms with E-state index in [1.807, 2.05) is 29.2 Å². The molecule has 2 aliphatic heterocycles. The third kappa shape index (κ3) is 3.51. The Morgan fingerprint density at radius 1 is 1.10 bits per heavy atom. The van der Waals surface area contributed by atoms with Crippen LogP contribution in [0.2, 0.25) is 5.02 Å². The molecule has 0 radical (unpaired) electrons.